The first-order valence-electron chi connectivity index (χ1n) is 8.87. The predicted octanol–water partition coefficient (Wildman–Crippen LogP) is 4.57. The van der Waals surface area contributed by atoms with E-state index in [4.69, 9.17) is 9.72 Å². The van der Waals surface area contributed by atoms with E-state index >= 15 is 0 Å². The second-order valence-electron chi connectivity index (χ2n) is 6.79. The van der Waals surface area contributed by atoms with Crippen LogP contribution in [-0.4, -0.2) is 32.4 Å². The highest BCUT2D eigenvalue weighted by molar-refractivity contribution is 7.19. The van der Waals surface area contributed by atoms with Gasteiger partial charge in [-0.25, -0.2) is 14.5 Å². The molecule has 0 saturated heterocycles. The number of rotatable bonds is 4. The number of thiophene rings is 1. The highest BCUT2D eigenvalue weighted by Crippen LogP contribution is 2.38. The van der Waals surface area contributed by atoms with Gasteiger partial charge in [0.1, 0.15) is 17.8 Å². The molecule has 0 spiro atoms. The molecule has 0 unspecified atom stereocenters. The van der Waals surface area contributed by atoms with Crippen molar-refractivity contribution in [3.63, 3.8) is 0 Å². The third-order valence-electron chi connectivity index (χ3n) is 4.79. The van der Waals surface area contributed by atoms with Crippen LogP contribution in [0.5, 0.6) is 0 Å². The van der Waals surface area contributed by atoms with Gasteiger partial charge in [-0.2, -0.15) is 13.2 Å². The molecule has 9 heteroatoms. The Morgan fingerprint density at radius 1 is 1.14 bits per heavy atom. The van der Waals surface area contributed by atoms with E-state index in [0.29, 0.717) is 11.4 Å². The molecule has 0 bridgehead atoms. The predicted molar refractivity (Wildman–Crippen MR) is 99.3 cm³/mol. The van der Waals surface area contributed by atoms with Gasteiger partial charge in [-0.1, -0.05) is 24.3 Å². The molecular formula is C19H15F3N4OS. The van der Waals surface area contributed by atoms with Crippen molar-refractivity contribution < 1.29 is 17.9 Å². The van der Waals surface area contributed by atoms with E-state index in [0.717, 1.165) is 40.7 Å². The third-order valence-corrected chi connectivity index (χ3v) is 5.99. The first kappa shape index (κ1) is 17.6. The fourth-order valence-corrected chi connectivity index (χ4v) is 4.77. The number of alkyl halides is 3. The largest absolute Gasteiger partial charge is 0.411 e. The van der Waals surface area contributed by atoms with Crippen LogP contribution >= 0.6 is 11.3 Å². The number of ether oxygens (including phenoxy) is 1. The molecule has 5 rings (SSSR count). The van der Waals surface area contributed by atoms with Gasteiger partial charge in [0.25, 0.3) is 0 Å². The van der Waals surface area contributed by atoms with Crippen LogP contribution in [-0.2, 0) is 24.2 Å². The summed E-state index contributed by atoms with van der Waals surface area (Å²) >= 11 is 1.73. The minimum Gasteiger partial charge on any atom is -0.367 e. The molecule has 3 heterocycles. The van der Waals surface area contributed by atoms with Crippen molar-refractivity contribution in [3.05, 3.63) is 46.6 Å². The zero-order valence-electron chi connectivity index (χ0n) is 14.7. The summed E-state index contributed by atoms with van der Waals surface area (Å²) in [6.45, 7) is -1.35. The smallest absolute Gasteiger partial charge is 0.367 e. The molecule has 5 nitrogen and oxygen atoms in total. The minimum atomic E-state index is -4.32. The molecule has 0 aliphatic heterocycles. The van der Waals surface area contributed by atoms with Crippen molar-refractivity contribution in [2.45, 2.75) is 32.0 Å². The van der Waals surface area contributed by atoms with Crippen molar-refractivity contribution in [1.82, 2.24) is 19.6 Å². The van der Waals surface area contributed by atoms with E-state index in [1.807, 2.05) is 0 Å². The lowest BCUT2D eigenvalue weighted by atomic mass is 10.1. The lowest BCUT2D eigenvalue weighted by molar-refractivity contribution is -0.176. The molecule has 1 aliphatic carbocycles. The average Bonchev–Trinajstić information content (AvgIpc) is 3.34. The molecular weight excluding hydrogens is 389 g/mol. The molecule has 1 aromatic carbocycles. The Morgan fingerprint density at radius 3 is 2.75 bits per heavy atom. The summed E-state index contributed by atoms with van der Waals surface area (Å²) in [4.78, 5) is 11.6. The summed E-state index contributed by atoms with van der Waals surface area (Å²) in [5.41, 5.74) is 3.60. The first-order valence-corrected chi connectivity index (χ1v) is 9.69. The molecule has 4 aromatic rings. The molecule has 0 atom stereocenters. The van der Waals surface area contributed by atoms with Gasteiger partial charge in [-0.3, -0.25) is 0 Å². The van der Waals surface area contributed by atoms with Crippen molar-refractivity contribution >= 4 is 27.2 Å². The standard InChI is InChI=1S/C19H15F3N4OS/c20-19(21,22)9-27-8-11-4-6-12(7-5-11)16-24-17-15-13-2-1-3-14(13)28-18(15)23-10-26(17)25-16/h4-7,10H,1-3,8-9H2. The molecule has 28 heavy (non-hydrogen) atoms. The Bertz CT molecular complexity index is 1160. The van der Waals surface area contributed by atoms with Crippen LogP contribution in [0.1, 0.15) is 22.4 Å². The monoisotopic (exact) mass is 404 g/mol. The molecule has 144 valence electrons. The average molecular weight is 404 g/mol. The number of aryl methyl sites for hydroxylation is 2. The van der Waals surface area contributed by atoms with Crippen LogP contribution in [0.3, 0.4) is 0 Å². The summed E-state index contributed by atoms with van der Waals surface area (Å²) in [7, 11) is 0. The summed E-state index contributed by atoms with van der Waals surface area (Å²) in [5.74, 6) is 0.565. The van der Waals surface area contributed by atoms with Gasteiger partial charge in [0.2, 0.25) is 0 Å². The summed E-state index contributed by atoms with van der Waals surface area (Å²) in [5, 5.41) is 5.62. The number of halogens is 3. The van der Waals surface area contributed by atoms with Gasteiger partial charge in [0, 0.05) is 10.4 Å². The number of benzene rings is 1. The van der Waals surface area contributed by atoms with Gasteiger partial charge in [0.05, 0.1) is 12.0 Å². The van der Waals surface area contributed by atoms with Crippen LogP contribution in [0.15, 0.2) is 30.6 Å². The van der Waals surface area contributed by atoms with Crippen molar-refractivity contribution in [1.29, 1.82) is 0 Å². The molecule has 0 radical (unpaired) electrons. The fourth-order valence-electron chi connectivity index (χ4n) is 3.55. The van der Waals surface area contributed by atoms with E-state index in [1.165, 1.54) is 10.4 Å². The number of hydrogen-bond donors (Lipinski definition) is 0. The van der Waals surface area contributed by atoms with Crippen molar-refractivity contribution in [2.24, 2.45) is 0 Å². The highest BCUT2D eigenvalue weighted by atomic mass is 32.1. The van der Waals surface area contributed by atoms with E-state index in [9.17, 15) is 13.2 Å². The molecule has 3 aromatic heterocycles. The SMILES string of the molecule is FC(F)(F)COCc1ccc(-c2nc3c4c5c(sc4ncn3n2)CCC5)cc1. The van der Waals surface area contributed by atoms with Crippen LogP contribution in [0.4, 0.5) is 13.2 Å². The Hall–Kier alpha value is -2.52. The topological polar surface area (TPSA) is 52.3 Å². The van der Waals surface area contributed by atoms with Crippen molar-refractivity contribution in [2.75, 3.05) is 6.61 Å². The Morgan fingerprint density at radius 2 is 1.96 bits per heavy atom. The van der Waals surface area contributed by atoms with E-state index in [-0.39, 0.29) is 6.61 Å². The minimum absolute atomic E-state index is 0.0933. The van der Waals surface area contributed by atoms with Gasteiger partial charge >= 0.3 is 6.18 Å². The third kappa shape index (κ3) is 3.14. The Balaban J connectivity index is 1.44. The second-order valence-corrected chi connectivity index (χ2v) is 7.87. The normalized spacial score (nSPS) is 14.2. The zero-order valence-corrected chi connectivity index (χ0v) is 15.5. The highest BCUT2D eigenvalue weighted by Gasteiger charge is 2.27. The maximum absolute atomic E-state index is 12.2. The number of aromatic nitrogens is 4. The van der Waals surface area contributed by atoms with Crippen LogP contribution in [0.25, 0.3) is 27.3 Å². The Kier molecular flexibility index (Phi) is 4.09. The van der Waals surface area contributed by atoms with E-state index < -0.39 is 12.8 Å². The first-order chi connectivity index (χ1) is 13.5. The summed E-state index contributed by atoms with van der Waals surface area (Å²) in [6, 6.07) is 7.05. The van der Waals surface area contributed by atoms with Crippen LogP contribution in [0, 0.1) is 0 Å². The lowest BCUT2D eigenvalue weighted by Crippen LogP contribution is -2.16. The van der Waals surface area contributed by atoms with Gasteiger partial charge in [-0.15, -0.1) is 16.4 Å². The molecule has 0 amide bonds. The molecule has 1 aliphatic rings. The lowest BCUT2D eigenvalue weighted by Gasteiger charge is -2.07. The molecule has 0 saturated carbocycles. The summed E-state index contributed by atoms with van der Waals surface area (Å²) < 4.78 is 42.9. The maximum atomic E-state index is 12.2. The zero-order chi connectivity index (χ0) is 19.3. The van der Waals surface area contributed by atoms with Crippen LogP contribution < -0.4 is 0 Å². The van der Waals surface area contributed by atoms with Crippen LogP contribution in [0.2, 0.25) is 0 Å². The van der Waals surface area contributed by atoms with Gasteiger partial charge in [0.15, 0.2) is 11.5 Å². The molecule has 0 N–H and O–H groups in total. The number of nitrogens with zero attached hydrogens (tertiary/aromatic N) is 4. The second kappa shape index (κ2) is 6.52. The van der Waals surface area contributed by atoms with Crippen molar-refractivity contribution in [3.8, 4) is 11.4 Å². The molecule has 0 fully saturated rings. The maximum Gasteiger partial charge on any atom is 0.411 e. The fraction of sp³-hybridized carbons (Fsp3) is 0.316. The number of hydrogen-bond acceptors (Lipinski definition) is 5. The van der Waals surface area contributed by atoms with E-state index in [1.54, 1.807) is 46.4 Å². The van der Waals surface area contributed by atoms with Gasteiger partial charge < -0.3 is 4.74 Å². The van der Waals surface area contributed by atoms with E-state index in [2.05, 4.69) is 10.1 Å². The van der Waals surface area contributed by atoms with Gasteiger partial charge in [-0.05, 0) is 30.4 Å². The Labute approximate surface area is 161 Å². The quantitative estimate of drug-likeness (QED) is 0.500. The summed E-state index contributed by atoms with van der Waals surface area (Å²) in [6.07, 6.45) is 0.671. The number of fused-ring (bicyclic) bond motifs is 5.